The van der Waals surface area contributed by atoms with Crippen LogP contribution in [0.25, 0.3) is 10.9 Å². The van der Waals surface area contributed by atoms with Gasteiger partial charge in [-0.1, -0.05) is 23.2 Å². The zero-order chi connectivity index (χ0) is 15.1. The lowest BCUT2D eigenvalue weighted by Crippen LogP contribution is -2.00. The van der Waals surface area contributed by atoms with Gasteiger partial charge in [0.05, 0.1) is 11.2 Å². The lowest BCUT2D eigenvalue weighted by Gasteiger charge is -2.15. The molecule has 0 amide bonds. The number of hydrogen-bond acceptors (Lipinski definition) is 2. The third-order valence-corrected chi connectivity index (χ3v) is 4.57. The maximum Gasteiger partial charge on any atom is 0.0727 e. The van der Waals surface area contributed by atoms with Crippen LogP contribution in [0.15, 0.2) is 42.5 Å². The number of hydrogen-bond donors (Lipinski definition) is 1. The summed E-state index contributed by atoms with van der Waals surface area (Å²) in [6.07, 6.45) is 3.26. The molecule has 0 bridgehead atoms. The fourth-order valence-corrected chi connectivity index (χ4v) is 3.35. The highest BCUT2D eigenvalue weighted by atomic mass is 35.5. The third kappa shape index (κ3) is 2.43. The van der Waals surface area contributed by atoms with E-state index in [-0.39, 0.29) is 0 Å². The molecule has 0 aliphatic heterocycles. The van der Waals surface area contributed by atoms with Crippen molar-refractivity contribution >= 4 is 45.5 Å². The van der Waals surface area contributed by atoms with E-state index in [0.717, 1.165) is 51.6 Å². The van der Waals surface area contributed by atoms with Gasteiger partial charge in [-0.15, -0.1) is 0 Å². The van der Waals surface area contributed by atoms with Crippen LogP contribution >= 0.6 is 23.2 Å². The van der Waals surface area contributed by atoms with Gasteiger partial charge in [-0.05, 0) is 67.3 Å². The van der Waals surface area contributed by atoms with Crippen LogP contribution in [0.5, 0.6) is 0 Å². The van der Waals surface area contributed by atoms with E-state index in [1.165, 1.54) is 11.3 Å². The van der Waals surface area contributed by atoms with Crippen molar-refractivity contribution in [3.63, 3.8) is 0 Å². The summed E-state index contributed by atoms with van der Waals surface area (Å²) in [5.74, 6) is 0. The van der Waals surface area contributed by atoms with E-state index in [1.807, 2.05) is 42.5 Å². The molecule has 0 spiro atoms. The maximum atomic E-state index is 6.19. The van der Waals surface area contributed by atoms with Crippen molar-refractivity contribution in [1.82, 2.24) is 4.98 Å². The molecule has 1 N–H and O–H groups in total. The first kappa shape index (κ1) is 13.9. The van der Waals surface area contributed by atoms with Crippen LogP contribution < -0.4 is 5.32 Å². The summed E-state index contributed by atoms with van der Waals surface area (Å²) in [6, 6.07) is 13.6. The van der Waals surface area contributed by atoms with Crippen LogP contribution in [-0.2, 0) is 12.8 Å². The molecule has 110 valence electrons. The summed E-state index contributed by atoms with van der Waals surface area (Å²) in [6.45, 7) is 0. The van der Waals surface area contributed by atoms with Gasteiger partial charge in [0, 0.05) is 26.8 Å². The van der Waals surface area contributed by atoms with Gasteiger partial charge in [-0.3, -0.25) is 4.98 Å². The molecule has 2 nitrogen and oxygen atoms in total. The Morgan fingerprint density at radius 2 is 1.68 bits per heavy atom. The number of anilines is 2. The Balaban J connectivity index is 1.90. The normalized spacial score (nSPS) is 13.4. The van der Waals surface area contributed by atoms with Crippen LogP contribution in [0.1, 0.15) is 17.7 Å². The van der Waals surface area contributed by atoms with E-state index in [9.17, 15) is 0 Å². The molecule has 0 saturated carbocycles. The Labute approximate surface area is 139 Å². The second-order valence-corrected chi connectivity index (χ2v) is 6.43. The van der Waals surface area contributed by atoms with Crippen molar-refractivity contribution in [2.24, 2.45) is 0 Å². The Morgan fingerprint density at radius 1 is 0.909 bits per heavy atom. The number of rotatable bonds is 2. The van der Waals surface area contributed by atoms with Crippen molar-refractivity contribution in [2.75, 3.05) is 5.32 Å². The van der Waals surface area contributed by atoms with Gasteiger partial charge in [-0.2, -0.15) is 0 Å². The molecule has 1 heterocycles. The van der Waals surface area contributed by atoms with Crippen molar-refractivity contribution < 1.29 is 0 Å². The van der Waals surface area contributed by atoms with Crippen LogP contribution in [0, 0.1) is 0 Å². The van der Waals surface area contributed by atoms with Gasteiger partial charge < -0.3 is 5.32 Å². The molecule has 1 aliphatic carbocycles. The molecular weight excluding hydrogens is 315 g/mol. The Morgan fingerprint density at radius 3 is 2.50 bits per heavy atom. The minimum Gasteiger partial charge on any atom is -0.355 e. The van der Waals surface area contributed by atoms with Gasteiger partial charge in [0.1, 0.15) is 0 Å². The molecule has 1 aliphatic rings. The first-order valence-electron chi connectivity index (χ1n) is 7.34. The zero-order valence-corrected chi connectivity index (χ0v) is 13.4. The van der Waals surface area contributed by atoms with E-state index in [1.54, 1.807) is 0 Å². The van der Waals surface area contributed by atoms with E-state index in [4.69, 9.17) is 28.2 Å². The fraction of sp³-hybridized carbons (Fsp3) is 0.167. The topological polar surface area (TPSA) is 24.9 Å². The molecule has 0 radical (unpaired) electrons. The molecule has 0 unspecified atom stereocenters. The number of halogens is 2. The molecule has 2 aromatic carbocycles. The first-order chi connectivity index (χ1) is 10.7. The van der Waals surface area contributed by atoms with Crippen molar-refractivity contribution in [2.45, 2.75) is 19.3 Å². The maximum absolute atomic E-state index is 6.19. The lowest BCUT2D eigenvalue weighted by molar-refractivity contribution is 0.901. The number of aromatic nitrogens is 1. The van der Waals surface area contributed by atoms with Crippen LogP contribution in [0.3, 0.4) is 0 Å². The summed E-state index contributed by atoms with van der Waals surface area (Å²) >= 11 is 12.2. The van der Waals surface area contributed by atoms with Gasteiger partial charge in [-0.25, -0.2) is 0 Å². The van der Waals surface area contributed by atoms with E-state index in [2.05, 4.69) is 5.32 Å². The van der Waals surface area contributed by atoms with Crippen LogP contribution in [-0.4, -0.2) is 4.98 Å². The number of benzene rings is 2. The van der Waals surface area contributed by atoms with Crippen LogP contribution in [0.4, 0.5) is 11.4 Å². The molecule has 4 rings (SSSR count). The fourth-order valence-electron chi connectivity index (χ4n) is 3.05. The Kier molecular flexibility index (Phi) is 3.44. The number of fused-ring (bicyclic) bond motifs is 2. The third-order valence-electron chi connectivity index (χ3n) is 4.09. The summed E-state index contributed by atoms with van der Waals surface area (Å²) in [4.78, 5) is 4.79. The second kappa shape index (κ2) is 5.45. The molecule has 0 fully saturated rings. The largest absolute Gasteiger partial charge is 0.355 e. The molecule has 0 saturated heterocycles. The minimum atomic E-state index is 0.728. The summed E-state index contributed by atoms with van der Waals surface area (Å²) in [5, 5.41) is 6.08. The Bertz CT molecular complexity index is 857. The smallest absolute Gasteiger partial charge is 0.0727 e. The molecule has 22 heavy (non-hydrogen) atoms. The van der Waals surface area contributed by atoms with Crippen molar-refractivity contribution in [3.8, 4) is 0 Å². The van der Waals surface area contributed by atoms with E-state index < -0.39 is 0 Å². The van der Waals surface area contributed by atoms with Gasteiger partial charge >= 0.3 is 0 Å². The summed E-state index contributed by atoms with van der Waals surface area (Å²) in [5.41, 5.74) is 5.64. The number of nitrogens with zero attached hydrogens (tertiary/aromatic N) is 1. The van der Waals surface area contributed by atoms with Gasteiger partial charge in [0.25, 0.3) is 0 Å². The average molecular weight is 329 g/mol. The summed E-state index contributed by atoms with van der Waals surface area (Å²) < 4.78 is 0. The first-order valence-corrected chi connectivity index (χ1v) is 8.10. The molecular formula is C18H14Cl2N2. The number of pyridine rings is 1. The van der Waals surface area contributed by atoms with Crippen molar-refractivity contribution in [3.05, 3.63) is 63.8 Å². The SMILES string of the molecule is Clc1ccc(Nc2c3c(nc4ccc(Cl)cc24)CCC3)cc1. The monoisotopic (exact) mass is 328 g/mol. The zero-order valence-electron chi connectivity index (χ0n) is 11.9. The molecule has 1 aromatic heterocycles. The quantitative estimate of drug-likeness (QED) is 0.645. The molecule has 4 heteroatoms. The predicted molar refractivity (Wildman–Crippen MR) is 93.5 cm³/mol. The molecule has 3 aromatic rings. The summed E-state index contributed by atoms with van der Waals surface area (Å²) in [7, 11) is 0. The second-order valence-electron chi connectivity index (χ2n) is 5.56. The number of aryl methyl sites for hydroxylation is 1. The minimum absolute atomic E-state index is 0.728. The van der Waals surface area contributed by atoms with Gasteiger partial charge in [0.2, 0.25) is 0 Å². The lowest BCUT2D eigenvalue weighted by atomic mass is 10.1. The van der Waals surface area contributed by atoms with Gasteiger partial charge in [0.15, 0.2) is 0 Å². The standard InChI is InChI=1S/C18H14Cl2N2/c19-11-4-7-13(8-5-11)21-18-14-2-1-3-16(14)22-17-9-6-12(20)10-15(17)18/h4-10H,1-3H2,(H,21,22). The highest BCUT2D eigenvalue weighted by Crippen LogP contribution is 2.37. The average Bonchev–Trinajstić information content (AvgIpc) is 2.98. The van der Waals surface area contributed by atoms with E-state index >= 15 is 0 Å². The van der Waals surface area contributed by atoms with Crippen molar-refractivity contribution in [1.29, 1.82) is 0 Å². The highest BCUT2D eigenvalue weighted by molar-refractivity contribution is 6.31. The predicted octanol–water partition coefficient (Wildman–Crippen LogP) is 5.77. The Hall–Kier alpha value is -1.77. The van der Waals surface area contributed by atoms with Crippen LogP contribution in [0.2, 0.25) is 10.0 Å². The number of nitrogens with one attached hydrogen (secondary N) is 1. The van der Waals surface area contributed by atoms with E-state index in [0.29, 0.717) is 0 Å². The highest BCUT2D eigenvalue weighted by Gasteiger charge is 2.19. The molecule has 0 atom stereocenters.